The summed E-state index contributed by atoms with van der Waals surface area (Å²) in [6, 6.07) is 10.4. The van der Waals surface area contributed by atoms with Crippen LogP contribution in [0.25, 0.3) is 0 Å². The van der Waals surface area contributed by atoms with Gasteiger partial charge in [-0.2, -0.15) is 5.26 Å². The van der Waals surface area contributed by atoms with Crippen molar-refractivity contribution >= 4 is 15.9 Å². The van der Waals surface area contributed by atoms with Gasteiger partial charge in [-0.05, 0) is 97.7 Å². The molecule has 2 aliphatic rings. The first-order valence-electron chi connectivity index (χ1n) is 10.0. The van der Waals surface area contributed by atoms with E-state index in [2.05, 4.69) is 45.2 Å². The molecule has 0 spiro atoms. The molecule has 0 aromatic heterocycles. The fourth-order valence-corrected chi connectivity index (χ4v) is 5.41. The first kappa shape index (κ1) is 18.7. The van der Waals surface area contributed by atoms with E-state index in [1.807, 2.05) is 12.1 Å². The Kier molecular flexibility index (Phi) is 7.17. The molecule has 134 valence electrons. The topological polar surface area (TPSA) is 23.8 Å². The zero-order valence-electron chi connectivity index (χ0n) is 15.2. The van der Waals surface area contributed by atoms with E-state index in [0.29, 0.717) is 0 Å². The molecule has 0 bridgehead atoms. The van der Waals surface area contributed by atoms with Crippen molar-refractivity contribution < 1.29 is 0 Å². The van der Waals surface area contributed by atoms with Crippen LogP contribution in [0.1, 0.15) is 68.9 Å². The lowest BCUT2D eigenvalue weighted by atomic mass is 9.68. The van der Waals surface area contributed by atoms with E-state index in [0.717, 1.165) is 29.2 Å². The van der Waals surface area contributed by atoms with Crippen LogP contribution in [0.2, 0.25) is 0 Å². The Balaban J connectivity index is 1.38. The standard InChI is InChI=1S/C23H30BrN/c24-16-15-20-9-13-23(14-10-20)22-11-7-19(8-12-22)2-1-18-3-5-21(17-25)6-4-18/h3-6,15-16,19-20,22-23H,1-2,7-14H2/b16-15+. The Morgan fingerprint density at radius 2 is 1.52 bits per heavy atom. The summed E-state index contributed by atoms with van der Waals surface area (Å²) in [7, 11) is 0. The molecule has 2 fully saturated rings. The summed E-state index contributed by atoms with van der Waals surface area (Å²) in [5.41, 5.74) is 2.16. The van der Waals surface area contributed by atoms with Crippen LogP contribution in [0.4, 0.5) is 0 Å². The molecule has 2 saturated carbocycles. The lowest BCUT2D eigenvalue weighted by Crippen LogP contribution is -2.25. The maximum atomic E-state index is 8.88. The maximum Gasteiger partial charge on any atom is 0.0991 e. The Bertz CT molecular complexity index is 582. The molecule has 0 radical (unpaired) electrons. The van der Waals surface area contributed by atoms with E-state index in [9.17, 15) is 0 Å². The van der Waals surface area contributed by atoms with Gasteiger partial charge >= 0.3 is 0 Å². The minimum Gasteiger partial charge on any atom is -0.192 e. The number of hydrogen-bond acceptors (Lipinski definition) is 1. The van der Waals surface area contributed by atoms with Gasteiger partial charge in [-0.15, -0.1) is 0 Å². The van der Waals surface area contributed by atoms with Crippen molar-refractivity contribution in [3.05, 3.63) is 46.5 Å². The Morgan fingerprint density at radius 1 is 0.920 bits per heavy atom. The fourth-order valence-electron chi connectivity index (χ4n) is 4.98. The van der Waals surface area contributed by atoms with Crippen LogP contribution in [0, 0.1) is 35.0 Å². The molecule has 0 aliphatic heterocycles. The average molecular weight is 400 g/mol. The molecule has 2 heteroatoms. The highest BCUT2D eigenvalue weighted by Gasteiger charge is 2.30. The van der Waals surface area contributed by atoms with Crippen molar-refractivity contribution in [1.82, 2.24) is 0 Å². The summed E-state index contributed by atoms with van der Waals surface area (Å²) in [5.74, 6) is 3.73. The summed E-state index contributed by atoms with van der Waals surface area (Å²) in [5, 5.41) is 8.88. The minimum atomic E-state index is 0.769. The molecule has 3 rings (SSSR count). The van der Waals surface area contributed by atoms with Gasteiger partial charge in [0.05, 0.1) is 11.6 Å². The molecule has 2 aliphatic carbocycles. The minimum absolute atomic E-state index is 0.769. The molecule has 0 amide bonds. The van der Waals surface area contributed by atoms with Gasteiger partial charge < -0.3 is 0 Å². The summed E-state index contributed by atoms with van der Waals surface area (Å²) < 4.78 is 0. The van der Waals surface area contributed by atoms with Gasteiger partial charge in [-0.1, -0.05) is 47.0 Å². The normalized spacial score (nSPS) is 30.2. The smallest absolute Gasteiger partial charge is 0.0991 e. The van der Waals surface area contributed by atoms with E-state index in [1.165, 1.54) is 69.8 Å². The van der Waals surface area contributed by atoms with Crippen LogP contribution < -0.4 is 0 Å². The maximum absolute atomic E-state index is 8.88. The van der Waals surface area contributed by atoms with E-state index in [-0.39, 0.29) is 0 Å². The van der Waals surface area contributed by atoms with Gasteiger partial charge in [0.1, 0.15) is 0 Å². The second-order valence-electron chi connectivity index (χ2n) is 8.12. The van der Waals surface area contributed by atoms with E-state index in [4.69, 9.17) is 5.26 Å². The van der Waals surface area contributed by atoms with Crippen LogP contribution in [0.3, 0.4) is 0 Å². The summed E-state index contributed by atoms with van der Waals surface area (Å²) >= 11 is 3.43. The van der Waals surface area contributed by atoms with Crippen LogP contribution in [0.5, 0.6) is 0 Å². The molecular weight excluding hydrogens is 370 g/mol. The third-order valence-electron chi connectivity index (χ3n) is 6.64. The van der Waals surface area contributed by atoms with Gasteiger partial charge in [-0.3, -0.25) is 0 Å². The van der Waals surface area contributed by atoms with Crippen molar-refractivity contribution in [3.63, 3.8) is 0 Å². The summed E-state index contributed by atoms with van der Waals surface area (Å²) in [4.78, 5) is 2.05. The predicted octanol–water partition coefficient (Wildman–Crippen LogP) is 7.01. The fraction of sp³-hybridized carbons (Fsp3) is 0.609. The third kappa shape index (κ3) is 5.45. The predicted molar refractivity (Wildman–Crippen MR) is 108 cm³/mol. The van der Waals surface area contributed by atoms with Crippen molar-refractivity contribution in [2.45, 2.75) is 64.2 Å². The number of allylic oxidation sites excluding steroid dienone is 1. The zero-order chi connectivity index (χ0) is 17.5. The molecule has 0 N–H and O–H groups in total. The van der Waals surface area contributed by atoms with Crippen LogP contribution in [0.15, 0.2) is 35.3 Å². The Morgan fingerprint density at radius 3 is 2.08 bits per heavy atom. The number of hydrogen-bond donors (Lipinski definition) is 0. The van der Waals surface area contributed by atoms with Crippen molar-refractivity contribution in [3.8, 4) is 6.07 Å². The first-order valence-corrected chi connectivity index (χ1v) is 11.0. The highest BCUT2D eigenvalue weighted by molar-refractivity contribution is 9.11. The van der Waals surface area contributed by atoms with Crippen molar-refractivity contribution in [1.29, 1.82) is 5.26 Å². The van der Waals surface area contributed by atoms with Crippen molar-refractivity contribution in [2.24, 2.45) is 23.7 Å². The third-order valence-corrected chi connectivity index (χ3v) is 6.95. The molecule has 1 aromatic carbocycles. The van der Waals surface area contributed by atoms with Crippen LogP contribution in [-0.2, 0) is 6.42 Å². The highest BCUT2D eigenvalue weighted by atomic mass is 79.9. The van der Waals surface area contributed by atoms with E-state index in [1.54, 1.807) is 0 Å². The molecule has 0 saturated heterocycles. The molecule has 1 nitrogen and oxygen atoms in total. The average Bonchev–Trinajstić information content (AvgIpc) is 2.68. The number of halogens is 1. The van der Waals surface area contributed by atoms with Gasteiger partial charge in [0, 0.05) is 0 Å². The number of rotatable bonds is 5. The van der Waals surface area contributed by atoms with Gasteiger partial charge in [-0.25, -0.2) is 0 Å². The lowest BCUT2D eigenvalue weighted by molar-refractivity contribution is 0.153. The number of nitriles is 1. The summed E-state index contributed by atoms with van der Waals surface area (Å²) in [6.45, 7) is 0. The van der Waals surface area contributed by atoms with E-state index < -0.39 is 0 Å². The van der Waals surface area contributed by atoms with Gasteiger partial charge in [0.2, 0.25) is 0 Å². The Labute approximate surface area is 161 Å². The van der Waals surface area contributed by atoms with Crippen molar-refractivity contribution in [2.75, 3.05) is 0 Å². The molecule has 0 unspecified atom stereocenters. The first-order chi connectivity index (χ1) is 12.3. The molecule has 0 heterocycles. The largest absolute Gasteiger partial charge is 0.192 e. The zero-order valence-corrected chi connectivity index (χ0v) is 16.8. The second-order valence-corrected chi connectivity index (χ2v) is 8.65. The number of benzene rings is 1. The SMILES string of the molecule is N#Cc1ccc(CCC2CCC(C3CCC(/C=C/Br)CC3)CC2)cc1. The molecule has 1 aromatic rings. The monoisotopic (exact) mass is 399 g/mol. The summed E-state index contributed by atoms with van der Waals surface area (Å²) in [6.07, 6.45) is 16.3. The van der Waals surface area contributed by atoms with Crippen LogP contribution >= 0.6 is 15.9 Å². The quantitative estimate of drug-likeness (QED) is 0.521. The Hall–Kier alpha value is -1.07. The van der Waals surface area contributed by atoms with E-state index >= 15 is 0 Å². The van der Waals surface area contributed by atoms with Crippen LogP contribution in [-0.4, -0.2) is 0 Å². The second kappa shape index (κ2) is 9.58. The highest BCUT2D eigenvalue weighted by Crippen LogP contribution is 2.42. The molecule has 0 atom stereocenters. The van der Waals surface area contributed by atoms with Gasteiger partial charge in [0.15, 0.2) is 0 Å². The number of aryl methyl sites for hydroxylation is 1. The molecule has 25 heavy (non-hydrogen) atoms. The molecular formula is C23H30BrN. The lowest BCUT2D eigenvalue weighted by Gasteiger charge is -2.37. The number of nitrogens with zero attached hydrogens (tertiary/aromatic N) is 1. The van der Waals surface area contributed by atoms with Gasteiger partial charge in [0.25, 0.3) is 0 Å².